The van der Waals surface area contributed by atoms with Crippen LogP contribution in [0.15, 0.2) is 83.9 Å². The third kappa shape index (κ3) is 5.05. The molecule has 1 N–H and O–H groups in total. The number of hydrogen-bond acceptors (Lipinski definition) is 4. The van der Waals surface area contributed by atoms with Crippen LogP contribution in [0.4, 0.5) is 5.69 Å². The average molecular weight is 486 g/mol. The van der Waals surface area contributed by atoms with Crippen molar-refractivity contribution in [2.45, 2.75) is 43.4 Å². The molecule has 0 radical (unpaired) electrons. The molecule has 2 heterocycles. The number of hydrogen-bond donors (Lipinski definition) is 1. The average Bonchev–Trinajstić information content (AvgIpc) is 3.29. The minimum absolute atomic E-state index is 0.114. The Morgan fingerprint density at radius 2 is 1.66 bits per heavy atom. The maximum absolute atomic E-state index is 12.7. The van der Waals surface area contributed by atoms with Crippen LogP contribution in [0.25, 0.3) is 11.4 Å². The summed E-state index contributed by atoms with van der Waals surface area (Å²) in [5.41, 5.74) is 5.10. The maximum atomic E-state index is 12.7. The Morgan fingerprint density at radius 1 is 0.943 bits per heavy atom. The Bertz CT molecular complexity index is 1450. The van der Waals surface area contributed by atoms with Gasteiger partial charge in [-0.15, -0.1) is 0 Å². The van der Waals surface area contributed by atoms with Crippen LogP contribution < -0.4 is 5.32 Å². The van der Waals surface area contributed by atoms with E-state index in [1.807, 2.05) is 37.4 Å². The fraction of sp³-hybridized carbons (Fsp3) is 0.214. The summed E-state index contributed by atoms with van der Waals surface area (Å²) in [7, 11) is -3.45. The topological polar surface area (TPSA) is 81.1 Å². The Balaban J connectivity index is 1.24. The summed E-state index contributed by atoms with van der Waals surface area (Å²) < 4.78 is 27.6. The number of carbonyl (C=O) groups is 1. The highest BCUT2D eigenvalue weighted by molar-refractivity contribution is 7.90. The van der Waals surface area contributed by atoms with Crippen molar-refractivity contribution < 1.29 is 13.2 Å². The van der Waals surface area contributed by atoms with Gasteiger partial charge in [0.1, 0.15) is 5.82 Å². The number of carbonyl (C=O) groups excluding carboxylic acids is 1. The molecule has 0 spiro atoms. The van der Waals surface area contributed by atoms with Gasteiger partial charge in [-0.25, -0.2) is 13.4 Å². The van der Waals surface area contributed by atoms with Crippen LogP contribution in [0.2, 0.25) is 0 Å². The van der Waals surface area contributed by atoms with Crippen molar-refractivity contribution in [2.75, 3.05) is 5.32 Å². The van der Waals surface area contributed by atoms with Crippen molar-refractivity contribution in [3.05, 3.63) is 101 Å². The summed E-state index contributed by atoms with van der Waals surface area (Å²) >= 11 is 0. The van der Waals surface area contributed by atoms with Crippen molar-refractivity contribution >= 4 is 21.4 Å². The lowest BCUT2D eigenvalue weighted by atomic mass is 10.1. The van der Waals surface area contributed by atoms with E-state index in [0.29, 0.717) is 21.7 Å². The van der Waals surface area contributed by atoms with Crippen molar-refractivity contribution in [2.24, 2.45) is 0 Å². The molecular weight excluding hydrogens is 458 g/mol. The molecule has 4 aromatic rings. The molecule has 1 aliphatic rings. The first-order valence-electron chi connectivity index (χ1n) is 11.7. The summed E-state index contributed by atoms with van der Waals surface area (Å²) in [6.07, 6.45) is 5.40. The Kier molecular flexibility index (Phi) is 6.26. The van der Waals surface area contributed by atoms with E-state index in [1.54, 1.807) is 48.5 Å². The number of rotatable bonds is 6. The minimum atomic E-state index is -3.45. The molecule has 178 valence electrons. The van der Waals surface area contributed by atoms with E-state index in [4.69, 9.17) is 0 Å². The highest BCUT2D eigenvalue weighted by Gasteiger charge is 2.17. The van der Waals surface area contributed by atoms with Crippen LogP contribution in [0, 0.1) is 6.92 Å². The van der Waals surface area contributed by atoms with Gasteiger partial charge >= 0.3 is 0 Å². The molecule has 1 aromatic heterocycles. The molecule has 3 aromatic carbocycles. The molecule has 5 rings (SSSR count). The van der Waals surface area contributed by atoms with Crippen LogP contribution in [0.5, 0.6) is 0 Å². The highest BCUT2D eigenvalue weighted by atomic mass is 32.2. The fourth-order valence-electron chi connectivity index (χ4n) is 4.37. The number of imidazole rings is 1. The number of nitrogens with one attached hydrogen (secondary N) is 1. The molecular formula is C28H27N3O3S. The molecule has 0 unspecified atom stereocenters. The molecule has 0 saturated carbocycles. The first kappa shape index (κ1) is 23.1. The van der Waals surface area contributed by atoms with E-state index in [1.165, 1.54) is 18.5 Å². The zero-order valence-corrected chi connectivity index (χ0v) is 20.4. The summed E-state index contributed by atoms with van der Waals surface area (Å²) in [4.78, 5) is 17.6. The van der Waals surface area contributed by atoms with Crippen LogP contribution in [0.1, 0.15) is 40.0 Å². The fourth-order valence-corrected chi connectivity index (χ4v) is 5.72. The van der Waals surface area contributed by atoms with Crippen LogP contribution in [-0.2, 0) is 28.6 Å². The molecule has 0 atom stereocenters. The van der Waals surface area contributed by atoms with Crippen molar-refractivity contribution in [1.29, 1.82) is 0 Å². The number of aryl methyl sites for hydroxylation is 2. The second kappa shape index (κ2) is 9.50. The number of nitrogens with zero attached hydrogens (tertiary/aromatic N) is 2. The molecule has 7 heteroatoms. The smallest absolute Gasteiger partial charge is 0.255 e. The molecule has 1 amide bonds. The van der Waals surface area contributed by atoms with Gasteiger partial charge in [0, 0.05) is 35.2 Å². The number of anilines is 1. The molecule has 0 fully saturated rings. The summed E-state index contributed by atoms with van der Waals surface area (Å²) in [5.74, 6) is 0.606. The normalized spacial score (nSPS) is 13.3. The first-order chi connectivity index (χ1) is 16.9. The maximum Gasteiger partial charge on any atom is 0.255 e. The lowest BCUT2D eigenvalue weighted by molar-refractivity contribution is 0.102. The van der Waals surface area contributed by atoms with E-state index < -0.39 is 9.84 Å². The molecule has 0 aliphatic carbocycles. The monoisotopic (exact) mass is 485 g/mol. The Hall–Kier alpha value is -3.71. The lowest BCUT2D eigenvalue weighted by Crippen LogP contribution is -2.12. The van der Waals surface area contributed by atoms with E-state index >= 15 is 0 Å². The van der Waals surface area contributed by atoms with Gasteiger partial charge in [-0.2, -0.15) is 0 Å². The zero-order chi connectivity index (χ0) is 24.4. The molecule has 35 heavy (non-hydrogen) atoms. The van der Waals surface area contributed by atoms with Crippen LogP contribution in [0.3, 0.4) is 0 Å². The first-order valence-corrected chi connectivity index (χ1v) is 13.4. The van der Waals surface area contributed by atoms with Gasteiger partial charge in [-0.1, -0.05) is 29.8 Å². The SMILES string of the molecule is Cc1ccc(S(=O)(=O)Cc2ccc(C(=O)Nc3ccc(-c4ncc5n4CCCC5)cc3)cc2)cc1. The number of benzene rings is 3. The van der Waals surface area contributed by atoms with Crippen molar-refractivity contribution in [3.8, 4) is 11.4 Å². The molecule has 0 saturated heterocycles. The van der Waals surface area contributed by atoms with Gasteiger partial charge in [-0.3, -0.25) is 4.79 Å². The lowest BCUT2D eigenvalue weighted by Gasteiger charge is -2.16. The van der Waals surface area contributed by atoms with Crippen molar-refractivity contribution in [1.82, 2.24) is 9.55 Å². The van der Waals surface area contributed by atoms with E-state index in [-0.39, 0.29) is 11.7 Å². The highest BCUT2D eigenvalue weighted by Crippen LogP contribution is 2.26. The predicted octanol–water partition coefficient (Wildman–Crippen LogP) is 5.42. The van der Waals surface area contributed by atoms with E-state index in [0.717, 1.165) is 29.9 Å². The molecule has 0 bridgehead atoms. The second-order valence-electron chi connectivity index (χ2n) is 8.98. The van der Waals surface area contributed by atoms with Crippen LogP contribution in [-0.4, -0.2) is 23.9 Å². The van der Waals surface area contributed by atoms with Gasteiger partial charge in [0.15, 0.2) is 9.84 Å². The Labute approximate surface area is 205 Å². The van der Waals surface area contributed by atoms with Gasteiger partial charge in [0.2, 0.25) is 0 Å². The van der Waals surface area contributed by atoms with Gasteiger partial charge in [0.25, 0.3) is 5.91 Å². The molecule has 6 nitrogen and oxygen atoms in total. The van der Waals surface area contributed by atoms with Gasteiger partial charge in [-0.05, 0) is 80.3 Å². The number of sulfone groups is 1. The summed E-state index contributed by atoms with van der Waals surface area (Å²) in [6, 6.07) is 21.2. The third-order valence-electron chi connectivity index (χ3n) is 6.36. The molecule has 1 aliphatic heterocycles. The number of amides is 1. The quantitative estimate of drug-likeness (QED) is 0.395. The Morgan fingerprint density at radius 3 is 2.37 bits per heavy atom. The summed E-state index contributed by atoms with van der Waals surface area (Å²) in [5, 5.41) is 2.91. The predicted molar refractivity (Wildman–Crippen MR) is 137 cm³/mol. The van der Waals surface area contributed by atoms with E-state index in [2.05, 4.69) is 14.9 Å². The third-order valence-corrected chi connectivity index (χ3v) is 8.06. The van der Waals surface area contributed by atoms with Crippen molar-refractivity contribution in [3.63, 3.8) is 0 Å². The summed E-state index contributed by atoms with van der Waals surface area (Å²) in [6.45, 7) is 2.91. The van der Waals surface area contributed by atoms with Gasteiger partial charge in [0.05, 0.1) is 10.6 Å². The zero-order valence-electron chi connectivity index (χ0n) is 19.6. The minimum Gasteiger partial charge on any atom is -0.328 e. The van der Waals surface area contributed by atoms with E-state index in [9.17, 15) is 13.2 Å². The second-order valence-corrected chi connectivity index (χ2v) is 11.0. The largest absolute Gasteiger partial charge is 0.328 e. The van der Waals surface area contributed by atoms with Crippen LogP contribution >= 0.6 is 0 Å². The number of fused-ring (bicyclic) bond motifs is 1. The number of aromatic nitrogens is 2. The van der Waals surface area contributed by atoms with Gasteiger partial charge < -0.3 is 9.88 Å². The standard InChI is InChI=1S/C28H27N3O3S/c1-20-5-15-26(16-6-20)35(33,34)19-21-7-9-23(10-8-21)28(32)30-24-13-11-22(12-14-24)27-29-18-25-4-2-3-17-31(25)27/h5-16,18H,2-4,17,19H2,1H3,(H,30,32).